The zero-order valence-corrected chi connectivity index (χ0v) is 6.58. The summed E-state index contributed by atoms with van der Waals surface area (Å²) in [5.74, 6) is -0.534. The zero-order chi connectivity index (χ0) is 9.14. The summed E-state index contributed by atoms with van der Waals surface area (Å²) >= 11 is 0. The molecule has 0 aliphatic heterocycles. The molecule has 0 bridgehead atoms. The number of benzene rings is 1. The van der Waals surface area contributed by atoms with E-state index in [9.17, 15) is 4.79 Å². The SMILES string of the molecule is NCc1cccc(N)c1C(N)=O. The van der Waals surface area contributed by atoms with Crippen LogP contribution in [0.5, 0.6) is 0 Å². The largest absolute Gasteiger partial charge is 0.398 e. The summed E-state index contributed by atoms with van der Waals surface area (Å²) in [4.78, 5) is 10.9. The first-order chi connectivity index (χ1) is 5.66. The molecule has 0 fully saturated rings. The molecule has 1 amide bonds. The van der Waals surface area contributed by atoms with Gasteiger partial charge in [-0.15, -0.1) is 0 Å². The van der Waals surface area contributed by atoms with Gasteiger partial charge < -0.3 is 17.2 Å². The maximum atomic E-state index is 10.9. The fourth-order valence-electron chi connectivity index (χ4n) is 1.09. The number of anilines is 1. The average molecular weight is 165 g/mol. The third-order valence-corrected chi connectivity index (χ3v) is 1.65. The Morgan fingerprint density at radius 1 is 1.42 bits per heavy atom. The molecule has 0 radical (unpaired) electrons. The summed E-state index contributed by atoms with van der Waals surface area (Å²) < 4.78 is 0. The van der Waals surface area contributed by atoms with Crippen molar-refractivity contribution in [2.45, 2.75) is 6.54 Å². The minimum Gasteiger partial charge on any atom is -0.398 e. The predicted octanol–water partition coefficient (Wildman–Crippen LogP) is -0.174. The monoisotopic (exact) mass is 165 g/mol. The lowest BCUT2D eigenvalue weighted by atomic mass is 10.1. The molecular weight excluding hydrogens is 154 g/mol. The van der Waals surface area contributed by atoms with Crippen LogP contribution >= 0.6 is 0 Å². The third-order valence-electron chi connectivity index (χ3n) is 1.65. The number of primary amides is 1. The maximum absolute atomic E-state index is 10.9. The highest BCUT2D eigenvalue weighted by molar-refractivity contribution is 5.99. The van der Waals surface area contributed by atoms with E-state index in [-0.39, 0.29) is 6.54 Å². The first-order valence-electron chi connectivity index (χ1n) is 3.54. The lowest BCUT2D eigenvalue weighted by Gasteiger charge is -2.06. The lowest BCUT2D eigenvalue weighted by molar-refractivity contribution is 0.100. The Balaban J connectivity index is 3.29. The number of nitrogen functional groups attached to an aromatic ring is 1. The Morgan fingerprint density at radius 3 is 2.50 bits per heavy atom. The van der Waals surface area contributed by atoms with E-state index in [0.717, 1.165) is 0 Å². The van der Waals surface area contributed by atoms with Gasteiger partial charge in [-0.1, -0.05) is 12.1 Å². The summed E-state index contributed by atoms with van der Waals surface area (Å²) in [6.07, 6.45) is 0. The Bertz CT molecular complexity index is 309. The zero-order valence-electron chi connectivity index (χ0n) is 6.58. The van der Waals surface area contributed by atoms with E-state index < -0.39 is 5.91 Å². The first kappa shape index (κ1) is 8.55. The molecule has 0 spiro atoms. The van der Waals surface area contributed by atoms with E-state index in [4.69, 9.17) is 17.2 Å². The van der Waals surface area contributed by atoms with Crippen molar-refractivity contribution in [1.29, 1.82) is 0 Å². The van der Waals surface area contributed by atoms with Gasteiger partial charge in [-0.3, -0.25) is 4.79 Å². The maximum Gasteiger partial charge on any atom is 0.251 e. The molecule has 1 rings (SSSR count). The Morgan fingerprint density at radius 2 is 2.08 bits per heavy atom. The Hall–Kier alpha value is -1.55. The number of carbonyl (C=O) groups is 1. The van der Waals surface area contributed by atoms with Crippen LogP contribution in [-0.2, 0) is 6.54 Å². The number of hydrogen-bond donors (Lipinski definition) is 3. The second kappa shape index (κ2) is 3.23. The van der Waals surface area contributed by atoms with Crippen LogP contribution in [0.15, 0.2) is 18.2 Å². The van der Waals surface area contributed by atoms with Crippen LogP contribution in [0.2, 0.25) is 0 Å². The third kappa shape index (κ3) is 1.38. The van der Waals surface area contributed by atoms with Gasteiger partial charge in [-0.25, -0.2) is 0 Å². The van der Waals surface area contributed by atoms with Crippen molar-refractivity contribution in [2.24, 2.45) is 11.5 Å². The van der Waals surface area contributed by atoms with E-state index in [2.05, 4.69) is 0 Å². The average Bonchev–Trinajstić information content (AvgIpc) is 2.03. The van der Waals surface area contributed by atoms with Gasteiger partial charge in [0.05, 0.1) is 5.56 Å². The van der Waals surface area contributed by atoms with Crippen LogP contribution in [0, 0.1) is 0 Å². The number of nitrogens with two attached hydrogens (primary N) is 3. The highest BCUT2D eigenvalue weighted by atomic mass is 16.1. The lowest BCUT2D eigenvalue weighted by Crippen LogP contribution is -2.17. The van der Waals surface area contributed by atoms with Gasteiger partial charge in [-0.2, -0.15) is 0 Å². The quantitative estimate of drug-likeness (QED) is 0.531. The van der Waals surface area contributed by atoms with Gasteiger partial charge in [0, 0.05) is 12.2 Å². The number of hydrogen-bond acceptors (Lipinski definition) is 3. The molecular formula is C8H11N3O. The van der Waals surface area contributed by atoms with Gasteiger partial charge in [0.1, 0.15) is 0 Å². The molecule has 1 aromatic rings. The van der Waals surface area contributed by atoms with Gasteiger partial charge in [0.2, 0.25) is 0 Å². The van der Waals surface area contributed by atoms with Gasteiger partial charge in [-0.05, 0) is 11.6 Å². The topological polar surface area (TPSA) is 95.1 Å². The Kier molecular flexibility index (Phi) is 2.30. The molecule has 0 atom stereocenters. The minimum absolute atomic E-state index is 0.267. The van der Waals surface area contributed by atoms with Crippen molar-refractivity contribution >= 4 is 11.6 Å². The highest BCUT2D eigenvalue weighted by Gasteiger charge is 2.09. The standard InChI is InChI=1S/C8H11N3O/c9-4-5-2-1-3-6(10)7(5)8(11)12/h1-3H,4,9-10H2,(H2,11,12). The normalized spacial score (nSPS) is 9.75. The second-order valence-corrected chi connectivity index (χ2v) is 2.45. The summed E-state index contributed by atoms with van der Waals surface area (Å²) in [7, 11) is 0. The summed E-state index contributed by atoms with van der Waals surface area (Å²) in [5, 5.41) is 0. The van der Waals surface area contributed by atoms with Crippen LogP contribution in [0.3, 0.4) is 0 Å². The Labute approximate surface area is 70.3 Å². The van der Waals surface area contributed by atoms with E-state index in [0.29, 0.717) is 16.8 Å². The van der Waals surface area contributed by atoms with E-state index >= 15 is 0 Å². The number of carbonyl (C=O) groups excluding carboxylic acids is 1. The van der Waals surface area contributed by atoms with Crippen LogP contribution in [0.25, 0.3) is 0 Å². The molecule has 64 valence electrons. The molecule has 0 saturated carbocycles. The first-order valence-corrected chi connectivity index (χ1v) is 3.54. The molecule has 0 heterocycles. The molecule has 6 N–H and O–H groups in total. The van der Waals surface area contributed by atoms with Crippen LogP contribution < -0.4 is 17.2 Å². The van der Waals surface area contributed by atoms with Crippen LogP contribution in [0.4, 0.5) is 5.69 Å². The van der Waals surface area contributed by atoms with Crippen molar-refractivity contribution in [3.05, 3.63) is 29.3 Å². The fraction of sp³-hybridized carbons (Fsp3) is 0.125. The van der Waals surface area contributed by atoms with Crippen molar-refractivity contribution < 1.29 is 4.79 Å². The predicted molar refractivity (Wildman–Crippen MR) is 47.3 cm³/mol. The molecule has 0 aromatic heterocycles. The second-order valence-electron chi connectivity index (χ2n) is 2.45. The molecule has 4 nitrogen and oxygen atoms in total. The molecule has 1 aromatic carbocycles. The summed E-state index contributed by atoms with van der Waals surface area (Å²) in [6, 6.07) is 5.10. The van der Waals surface area contributed by atoms with Gasteiger partial charge in [0.25, 0.3) is 5.91 Å². The van der Waals surface area contributed by atoms with Crippen LogP contribution in [0.1, 0.15) is 15.9 Å². The van der Waals surface area contributed by atoms with Gasteiger partial charge in [0.15, 0.2) is 0 Å². The van der Waals surface area contributed by atoms with E-state index in [1.807, 2.05) is 0 Å². The number of amides is 1. The molecule has 0 saturated heterocycles. The molecule has 12 heavy (non-hydrogen) atoms. The molecule has 0 aliphatic carbocycles. The molecule has 0 unspecified atom stereocenters. The highest BCUT2D eigenvalue weighted by Crippen LogP contribution is 2.15. The summed E-state index contributed by atoms with van der Waals surface area (Å²) in [6.45, 7) is 0.267. The van der Waals surface area contributed by atoms with Gasteiger partial charge >= 0.3 is 0 Å². The van der Waals surface area contributed by atoms with E-state index in [1.54, 1.807) is 18.2 Å². The minimum atomic E-state index is -0.534. The summed E-state index contributed by atoms with van der Waals surface area (Å²) in [5.41, 5.74) is 17.4. The van der Waals surface area contributed by atoms with E-state index in [1.165, 1.54) is 0 Å². The van der Waals surface area contributed by atoms with Crippen LogP contribution in [-0.4, -0.2) is 5.91 Å². The van der Waals surface area contributed by atoms with Crippen molar-refractivity contribution in [3.8, 4) is 0 Å². The smallest absolute Gasteiger partial charge is 0.251 e. The fourth-order valence-corrected chi connectivity index (χ4v) is 1.09. The van der Waals surface area contributed by atoms with Crippen molar-refractivity contribution in [2.75, 3.05) is 5.73 Å². The molecule has 0 aliphatic rings. The van der Waals surface area contributed by atoms with Crippen molar-refractivity contribution in [3.63, 3.8) is 0 Å². The molecule has 4 heteroatoms. The van der Waals surface area contributed by atoms with Crippen molar-refractivity contribution in [1.82, 2.24) is 0 Å². The number of rotatable bonds is 2.